The molecule has 11 nitrogen and oxygen atoms in total. The van der Waals surface area contributed by atoms with Gasteiger partial charge in [-0.15, -0.1) is 0 Å². The van der Waals surface area contributed by atoms with E-state index >= 15 is 0 Å². The molecule has 0 bridgehead atoms. The van der Waals surface area contributed by atoms with Crippen molar-refractivity contribution in [2.24, 2.45) is 5.10 Å². The van der Waals surface area contributed by atoms with Gasteiger partial charge in [-0.3, -0.25) is 4.57 Å². The maximum Gasteiger partial charge on any atom is 0.247 e. The second kappa shape index (κ2) is 7.80. The molecule has 1 saturated heterocycles. The number of aromatic nitrogens is 4. The zero-order chi connectivity index (χ0) is 19.7. The van der Waals surface area contributed by atoms with E-state index in [1.54, 1.807) is 6.21 Å². The van der Waals surface area contributed by atoms with Gasteiger partial charge in [-0.1, -0.05) is 6.08 Å². The van der Waals surface area contributed by atoms with E-state index in [1.807, 2.05) is 0 Å². The minimum atomic E-state index is -1.25. The summed E-state index contributed by atoms with van der Waals surface area (Å²) >= 11 is 0. The molecule has 0 aromatic carbocycles. The second-order valence-corrected chi connectivity index (χ2v) is 6.88. The smallest absolute Gasteiger partial charge is 0.247 e. The highest BCUT2D eigenvalue weighted by molar-refractivity contribution is 5.83. The van der Waals surface area contributed by atoms with Crippen LogP contribution >= 0.6 is 0 Å². The van der Waals surface area contributed by atoms with Crippen LogP contribution in [0.25, 0.3) is 11.2 Å². The van der Waals surface area contributed by atoms with E-state index in [4.69, 9.17) is 10.5 Å². The molecule has 6 N–H and O–H groups in total. The molecule has 0 saturated carbocycles. The number of nitrogens with one attached hydrogen (secondary N) is 1. The zero-order valence-corrected chi connectivity index (χ0v) is 15.1. The molecule has 1 fully saturated rings. The fourth-order valence-electron chi connectivity index (χ4n) is 3.44. The minimum absolute atomic E-state index is 0.144. The number of allylic oxidation sites excluding steroid dienone is 2. The Balaban J connectivity index is 1.60. The Hall–Kier alpha value is -2.60. The SMILES string of the molecule is Nc1nc(N/N=C/C2=CCCCC2)nc2c1ncn2[C@@H]1O[C@H](CO)[C@@H](O)[C@H]1O. The van der Waals surface area contributed by atoms with Gasteiger partial charge in [0.2, 0.25) is 5.95 Å². The first kappa shape index (κ1) is 18.7. The molecule has 0 spiro atoms. The average Bonchev–Trinajstić information content (AvgIpc) is 3.24. The first-order valence-electron chi connectivity index (χ1n) is 9.19. The Morgan fingerprint density at radius 2 is 2.18 bits per heavy atom. The molecule has 0 radical (unpaired) electrons. The van der Waals surface area contributed by atoms with Gasteiger partial charge >= 0.3 is 0 Å². The van der Waals surface area contributed by atoms with Crippen molar-refractivity contribution >= 4 is 29.1 Å². The number of aliphatic hydroxyl groups excluding tert-OH is 3. The van der Waals surface area contributed by atoms with Crippen LogP contribution in [0.5, 0.6) is 0 Å². The van der Waals surface area contributed by atoms with Crippen LogP contribution < -0.4 is 11.2 Å². The number of nitrogens with zero attached hydrogens (tertiary/aromatic N) is 5. The van der Waals surface area contributed by atoms with Gasteiger partial charge in [-0.25, -0.2) is 10.4 Å². The third kappa shape index (κ3) is 3.44. The summed E-state index contributed by atoms with van der Waals surface area (Å²) in [4.78, 5) is 12.7. The molecule has 150 valence electrons. The van der Waals surface area contributed by atoms with E-state index in [0.29, 0.717) is 11.2 Å². The first-order chi connectivity index (χ1) is 13.6. The molecular formula is C17H23N7O4. The summed E-state index contributed by atoms with van der Waals surface area (Å²) in [6.07, 6.45) is 5.36. The maximum atomic E-state index is 10.3. The van der Waals surface area contributed by atoms with E-state index in [-0.39, 0.29) is 11.8 Å². The molecule has 2 aromatic rings. The largest absolute Gasteiger partial charge is 0.394 e. The molecule has 1 aliphatic carbocycles. The van der Waals surface area contributed by atoms with Gasteiger partial charge in [0.15, 0.2) is 17.7 Å². The summed E-state index contributed by atoms with van der Waals surface area (Å²) in [6.45, 7) is -0.421. The van der Waals surface area contributed by atoms with E-state index in [2.05, 4.69) is 31.6 Å². The monoisotopic (exact) mass is 389 g/mol. The van der Waals surface area contributed by atoms with Gasteiger partial charge in [0.25, 0.3) is 0 Å². The van der Waals surface area contributed by atoms with E-state index < -0.39 is 31.1 Å². The summed E-state index contributed by atoms with van der Waals surface area (Å²) in [5.41, 5.74) is 10.5. The number of hydrogen-bond donors (Lipinski definition) is 5. The minimum Gasteiger partial charge on any atom is -0.394 e. The standard InChI is InChI=1S/C17H23N7O4/c18-14-11-15(22-17(21-14)23-20-6-9-4-2-1-3-5-9)24(8-19-11)16-13(27)12(26)10(7-25)28-16/h4,6,8,10,12-13,16,25-27H,1-3,5,7H2,(H3,18,21,22,23)/b20-6+/t10-,12-,13-,16-/m1/s1. The van der Waals surface area contributed by atoms with Crippen LogP contribution in [-0.2, 0) is 4.74 Å². The van der Waals surface area contributed by atoms with Crippen molar-refractivity contribution in [1.29, 1.82) is 0 Å². The highest BCUT2D eigenvalue weighted by atomic mass is 16.6. The summed E-state index contributed by atoms with van der Waals surface area (Å²) < 4.78 is 7.00. The maximum absolute atomic E-state index is 10.3. The Labute approximate surface area is 160 Å². The number of aliphatic hydroxyl groups is 3. The average molecular weight is 389 g/mol. The van der Waals surface area contributed by atoms with Crippen LogP contribution in [0.1, 0.15) is 31.9 Å². The predicted octanol–water partition coefficient (Wildman–Crippen LogP) is -0.0819. The molecule has 1 aliphatic heterocycles. The third-order valence-corrected chi connectivity index (χ3v) is 4.96. The first-order valence-corrected chi connectivity index (χ1v) is 9.19. The molecular weight excluding hydrogens is 366 g/mol. The van der Waals surface area contributed by atoms with Gasteiger partial charge in [0, 0.05) is 0 Å². The Kier molecular flexibility index (Phi) is 5.22. The number of fused-ring (bicyclic) bond motifs is 1. The van der Waals surface area contributed by atoms with Gasteiger partial charge < -0.3 is 25.8 Å². The highest BCUT2D eigenvalue weighted by Crippen LogP contribution is 2.32. The lowest BCUT2D eigenvalue weighted by Crippen LogP contribution is -2.33. The lowest BCUT2D eigenvalue weighted by Gasteiger charge is -2.16. The molecule has 4 rings (SSSR count). The van der Waals surface area contributed by atoms with Crippen molar-refractivity contribution in [3.05, 3.63) is 18.0 Å². The van der Waals surface area contributed by atoms with Crippen molar-refractivity contribution in [3.8, 4) is 0 Å². The quantitative estimate of drug-likeness (QED) is 0.347. The topological polar surface area (TPSA) is 164 Å². The van der Waals surface area contributed by atoms with Crippen molar-refractivity contribution < 1.29 is 20.1 Å². The number of nitrogens with two attached hydrogens (primary N) is 1. The van der Waals surface area contributed by atoms with Crippen LogP contribution in [0.3, 0.4) is 0 Å². The van der Waals surface area contributed by atoms with Crippen LogP contribution in [0.2, 0.25) is 0 Å². The highest BCUT2D eigenvalue weighted by Gasteiger charge is 2.44. The molecule has 2 aromatic heterocycles. The molecule has 3 heterocycles. The number of hydrogen-bond acceptors (Lipinski definition) is 10. The van der Waals surface area contributed by atoms with Crippen LogP contribution in [0.4, 0.5) is 11.8 Å². The number of imidazole rings is 1. The zero-order valence-electron chi connectivity index (χ0n) is 15.1. The number of hydrazone groups is 1. The van der Waals surface area contributed by atoms with E-state index in [0.717, 1.165) is 24.8 Å². The summed E-state index contributed by atoms with van der Waals surface area (Å²) in [6, 6.07) is 0. The van der Waals surface area contributed by atoms with Crippen LogP contribution in [-0.4, -0.2) is 66.0 Å². The third-order valence-electron chi connectivity index (χ3n) is 4.96. The number of ether oxygens (including phenoxy) is 1. The normalized spacial score (nSPS) is 28.2. The van der Waals surface area contributed by atoms with Gasteiger partial charge in [-0.05, 0) is 31.3 Å². The lowest BCUT2D eigenvalue weighted by molar-refractivity contribution is -0.0511. The molecule has 11 heteroatoms. The van der Waals surface area contributed by atoms with Gasteiger partial charge in [0.05, 0.1) is 19.1 Å². The molecule has 4 atom stereocenters. The Bertz CT molecular complexity index is 912. The van der Waals surface area contributed by atoms with E-state index in [1.165, 1.54) is 17.3 Å². The predicted molar refractivity (Wildman–Crippen MR) is 101 cm³/mol. The summed E-state index contributed by atoms with van der Waals surface area (Å²) in [7, 11) is 0. The Morgan fingerprint density at radius 1 is 1.32 bits per heavy atom. The summed E-state index contributed by atoms with van der Waals surface area (Å²) in [5, 5.41) is 33.7. The number of rotatable bonds is 5. The van der Waals surface area contributed by atoms with Gasteiger partial charge in [-0.2, -0.15) is 15.1 Å². The molecule has 28 heavy (non-hydrogen) atoms. The Morgan fingerprint density at radius 3 is 2.89 bits per heavy atom. The fourth-order valence-corrected chi connectivity index (χ4v) is 3.44. The molecule has 2 aliphatic rings. The fraction of sp³-hybridized carbons (Fsp3) is 0.529. The van der Waals surface area contributed by atoms with E-state index in [9.17, 15) is 15.3 Å². The molecule has 0 amide bonds. The second-order valence-electron chi connectivity index (χ2n) is 6.88. The van der Waals surface area contributed by atoms with Crippen LogP contribution in [0, 0.1) is 0 Å². The van der Waals surface area contributed by atoms with Crippen LogP contribution in [0.15, 0.2) is 23.1 Å². The van der Waals surface area contributed by atoms with Crippen molar-refractivity contribution in [1.82, 2.24) is 19.5 Å². The molecule has 0 unspecified atom stereocenters. The lowest BCUT2D eigenvalue weighted by atomic mass is 10.0. The summed E-state index contributed by atoms with van der Waals surface area (Å²) in [5.74, 6) is 0.316. The van der Waals surface area contributed by atoms with Crippen molar-refractivity contribution in [2.75, 3.05) is 17.8 Å². The van der Waals surface area contributed by atoms with Crippen molar-refractivity contribution in [2.45, 2.75) is 50.2 Å². The number of anilines is 2. The van der Waals surface area contributed by atoms with Crippen molar-refractivity contribution in [3.63, 3.8) is 0 Å². The number of nitrogen functional groups attached to an aromatic ring is 1. The van der Waals surface area contributed by atoms with Gasteiger partial charge in [0.1, 0.15) is 23.8 Å².